The summed E-state index contributed by atoms with van der Waals surface area (Å²) in [5.41, 5.74) is 0.554. The number of hydrogen-bond acceptors (Lipinski definition) is 5. The Morgan fingerprint density at radius 1 is 1.18 bits per heavy atom. The summed E-state index contributed by atoms with van der Waals surface area (Å²) >= 11 is 5.22. The van der Waals surface area contributed by atoms with Gasteiger partial charge in [-0.2, -0.15) is 0 Å². The maximum Gasteiger partial charge on any atom is 0.323 e. The standard InChI is InChI=1S/C15H16N2O4S/c1-2-21-12(18)9-6-10-16-13(19)14(20)17(15(16)22)11-7-4-3-5-8-11/h3-5,7-8H,2,6,9-10H2,1H3. The Balaban J connectivity index is 2.02. The highest BCUT2D eigenvalue weighted by Crippen LogP contribution is 2.22. The van der Waals surface area contributed by atoms with Crippen LogP contribution in [-0.4, -0.2) is 40.9 Å². The van der Waals surface area contributed by atoms with Gasteiger partial charge in [-0.1, -0.05) is 18.2 Å². The molecule has 1 fully saturated rings. The SMILES string of the molecule is CCOC(=O)CCCN1C(=O)C(=O)N(c2ccccc2)C1=S. The second kappa shape index (κ2) is 7.13. The van der Waals surface area contributed by atoms with E-state index in [9.17, 15) is 14.4 Å². The van der Waals surface area contributed by atoms with Gasteiger partial charge in [0.15, 0.2) is 5.11 Å². The van der Waals surface area contributed by atoms with Gasteiger partial charge < -0.3 is 4.74 Å². The highest BCUT2D eigenvalue weighted by atomic mass is 32.1. The molecule has 22 heavy (non-hydrogen) atoms. The van der Waals surface area contributed by atoms with Crippen LogP contribution < -0.4 is 4.90 Å². The van der Waals surface area contributed by atoms with Crippen LogP contribution in [0.4, 0.5) is 5.69 Å². The monoisotopic (exact) mass is 320 g/mol. The predicted octanol–water partition coefficient (Wildman–Crippen LogP) is 1.49. The van der Waals surface area contributed by atoms with Crippen LogP contribution in [0.5, 0.6) is 0 Å². The summed E-state index contributed by atoms with van der Waals surface area (Å²) in [6, 6.07) is 8.75. The molecule has 0 bridgehead atoms. The van der Waals surface area contributed by atoms with Gasteiger partial charge in [0.2, 0.25) is 0 Å². The van der Waals surface area contributed by atoms with Crippen molar-refractivity contribution in [3.63, 3.8) is 0 Å². The van der Waals surface area contributed by atoms with Crippen molar-refractivity contribution in [3.8, 4) is 0 Å². The van der Waals surface area contributed by atoms with Crippen molar-refractivity contribution in [2.45, 2.75) is 19.8 Å². The number of para-hydroxylation sites is 1. The Morgan fingerprint density at radius 3 is 2.50 bits per heavy atom. The first-order valence-electron chi connectivity index (χ1n) is 6.96. The van der Waals surface area contributed by atoms with Gasteiger partial charge in [-0.25, -0.2) is 4.90 Å². The summed E-state index contributed by atoms with van der Waals surface area (Å²) in [6.07, 6.45) is 0.570. The molecule has 116 valence electrons. The molecule has 2 amide bonds. The second-order valence-corrected chi connectivity index (χ2v) is 4.99. The van der Waals surface area contributed by atoms with Gasteiger partial charge >= 0.3 is 17.8 Å². The van der Waals surface area contributed by atoms with Gasteiger partial charge in [-0.3, -0.25) is 19.3 Å². The first-order valence-corrected chi connectivity index (χ1v) is 7.37. The normalized spacial score (nSPS) is 14.7. The summed E-state index contributed by atoms with van der Waals surface area (Å²) in [4.78, 5) is 37.8. The van der Waals surface area contributed by atoms with Crippen LogP contribution in [0.3, 0.4) is 0 Å². The molecule has 7 heteroatoms. The molecule has 1 saturated heterocycles. The van der Waals surface area contributed by atoms with Crippen molar-refractivity contribution in [2.75, 3.05) is 18.1 Å². The summed E-state index contributed by atoms with van der Waals surface area (Å²) in [5.74, 6) is -1.67. The van der Waals surface area contributed by atoms with E-state index in [-0.39, 0.29) is 24.0 Å². The maximum absolute atomic E-state index is 12.1. The lowest BCUT2D eigenvalue weighted by Gasteiger charge is -2.18. The summed E-state index contributed by atoms with van der Waals surface area (Å²) in [7, 11) is 0. The number of anilines is 1. The number of nitrogens with zero attached hydrogens (tertiary/aromatic N) is 2. The summed E-state index contributed by atoms with van der Waals surface area (Å²) < 4.78 is 4.82. The van der Waals surface area contributed by atoms with E-state index < -0.39 is 11.8 Å². The Bertz CT molecular complexity index is 603. The van der Waals surface area contributed by atoms with Crippen molar-refractivity contribution in [1.82, 2.24) is 4.90 Å². The van der Waals surface area contributed by atoms with Crippen LogP contribution in [0.2, 0.25) is 0 Å². The smallest absolute Gasteiger partial charge is 0.323 e. The molecular weight excluding hydrogens is 304 g/mol. The quantitative estimate of drug-likeness (QED) is 0.451. The number of ether oxygens (including phenoxy) is 1. The van der Waals surface area contributed by atoms with E-state index in [4.69, 9.17) is 17.0 Å². The number of thiocarbonyl (C=S) groups is 1. The number of esters is 1. The Hall–Kier alpha value is -2.28. The first-order chi connectivity index (χ1) is 10.6. The molecule has 1 aromatic rings. The van der Waals surface area contributed by atoms with Crippen LogP contribution in [-0.2, 0) is 19.1 Å². The Morgan fingerprint density at radius 2 is 1.86 bits per heavy atom. The van der Waals surface area contributed by atoms with Gasteiger partial charge in [0.05, 0.1) is 12.3 Å². The number of benzene rings is 1. The first kappa shape index (κ1) is 16.1. The third-order valence-corrected chi connectivity index (χ3v) is 3.54. The van der Waals surface area contributed by atoms with E-state index >= 15 is 0 Å². The van der Waals surface area contributed by atoms with Crippen molar-refractivity contribution < 1.29 is 19.1 Å². The number of carbonyl (C=O) groups excluding carboxylic acids is 3. The number of carbonyl (C=O) groups is 3. The molecule has 1 aliphatic rings. The molecule has 0 atom stereocenters. The molecule has 0 spiro atoms. The van der Waals surface area contributed by atoms with Crippen molar-refractivity contribution in [2.24, 2.45) is 0 Å². The van der Waals surface area contributed by atoms with Crippen molar-refractivity contribution >= 4 is 40.8 Å². The molecule has 0 aromatic heterocycles. The molecule has 1 heterocycles. The summed E-state index contributed by atoms with van der Waals surface area (Å²) in [6.45, 7) is 2.26. The minimum absolute atomic E-state index is 0.144. The summed E-state index contributed by atoms with van der Waals surface area (Å²) in [5, 5.41) is 0.144. The Kier molecular flexibility index (Phi) is 5.21. The zero-order chi connectivity index (χ0) is 16.1. The van der Waals surface area contributed by atoms with Crippen molar-refractivity contribution in [1.29, 1.82) is 0 Å². The molecule has 0 radical (unpaired) electrons. The number of amides is 2. The van der Waals surface area contributed by atoms with Crippen molar-refractivity contribution in [3.05, 3.63) is 30.3 Å². The third kappa shape index (κ3) is 3.30. The predicted molar refractivity (Wildman–Crippen MR) is 84.1 cm³/mol. The minimum atomic E-state index is -0.674. The minimum Gasteiger partial charge on any atom is -0.466 e. The fourth-order valence-corrected chi connectivity index (χ4v) is 2.48. The second-order valence-electron chi connectivity index (χ2n) is 4.62. The molecule has 0 saturated carbocycles. The zero-order valence-electron chi connectivity index (χ0n) is 12.2. The van der Waals surface area contributed by atoms with Crippen LogP contribution in [0, 0.1) is 0 Å². The van der Waals surface area contributed by atoms with Crippen LogP contribution >= 0.6 is 12.2 Å². The van der Waals surface area contributed by atoms with E-state index in [1.807, 2.05) is 6.07 Å². The molecule has 1 aliphatic heterocycles. The molecular formula is C15H16N2O4S. The zero-order valence-corrected chi connectivity index (χ0v) is 13.0. The van der Waals surface area contributed by atoms with E-state index in [2.05, 4.69) is 0 Å². The molecule has 0 N–H and O–H groups in total. The van der Waals surface area contributed by atoms with Gasteiger partial charge in [-0.05, 0) is 37.7 Å². The van der Waals surface area contributed by atoms with Gasteiger partial charge in [0.1, 0.15) is 0 Å². The van der Waals surface area contributed by atoms with Crippen LogP contribution in [0.1, 0.15) is 19.8 Å². The molecule has 1 aromatic carbocycles. The van der Waals surface area contributed by atoms with E-state index in [1.165, 1.54) is 9.80 Å². The average Bonchev–Trinajstić information content (AvgIpc) is 2.72. The Labute approximate surface area is 133 Å². The van der Waals surface area contributed by atoms with E-state index in [0.29, 0.717) is 18.7 Å². The molecule has 2 rings (SSSR count). The molecule has 0 unspecified atom stereocenters. The highest BCUT2D eigenvalue weighted by molar-refractivity contribution is 7.80. The molecule has 0 aliphatic carbocycles. The number of rotatable bonds is 6. The largest absolute Gasteiger partial charge is 0.466 e. The van der Waals surface area contributed by atoms with E-state index in [0.717, 1.165) is 0 Å². The third-order valence-electron chi connectivity index (χ3n) is 3.14. The average molecular weight is 320 g/mol. The van der Waals surface area contributed by atoms with Crippen LogP contribution in [0.25, 0.3) is 0 Å². The maximum atomic E-state index is 12.1. The lowest BCUT2D eigenvalue weighted by Crippen LogP contribution is -2.34. The fraction of sp³-hybridized carbons (Fsp3) is 0.333. The van der Waals surface area contributed by atoms with Gasteiger partial charge in [0.25, 0.3) is 0 Å². The molecule has 6 nitrogen and oxygen atoms in total. The lowest BCUT2D eigenvalue weighted by molar-refractivity contribution is -0.143. The highest BCUT2D eigenvalue weighted by Gasteiger charge is 2.41. The van der Waals surface area contributed by atoms with Crippen LogP contribution in [0.15, 0.2) is 30.3 Å². The lowest BCUT2D eigenvalue weighted by atomic mass is 10.3. The van der Waals surface area contributed by atoms with Gasteiger partial charge in [0, 0.05) is 13.0 Å². The van der Waals surface area contributed by atoms with E-state index in [1.54, 1.807) is 31.2 Å². The fourth-order valence-electron chi connectivity index (χ4n) is 2.12. The van der Waals surface area contributed by atoms with Gasteiger partial charge in [-0.15, -0.1) is 0 Å². The number of hydrogen-bond donors (Lipinski definition) is 0. The topological polar surface area (TPSA) is 66.9 Å².